The van der Waals surface area contributed by atoms with Gasteiger partial charge in [0.05, 0.1) is 16.1 Å². The number of nitro benzene ring substituents is 1. The summed E-state index contributed by atoms with van der Waals surface area (Å²) in [6.45, 7) is 5.00. The third-order valence-corrected chi connectivity index (χ3v) is 12.4. The van der Waals surface area contributed by atoms with Gasteiger partial charge in [0, 0.05) is 16.9 Å². The number of rotatable bonds is 8. The molecule has 0 unspecified atom stereocenters. The van der Waals surface area contributed by atoms with E-state index >= 15 is 0 Å². The van der Waals surface area contributed by atoms with Gasteiger partial charge in [-0.1, -0.05) is 0 Å². The monoisotopic (exact) mass is 640 g/mol. The van der Waals surface area contributed by atoms with E-state index in [1.165, 1.54) is 54.8 Å². The molecule has 4 fully saturated rings. The van der Waals surface area contributed by atoms with Gasteiger partial charge in [0.2, 0.25) is 18.6 Å². The predicted molar refractivity (Wildman–Crippen MR) is 145 cm³/mol. The Kier molecular flexibility index (Phi) is 7.35. The average molecular weight is 641 g/mol. The molecule has 0 aromatic heterocycles. The van der Waals surface area contributed by atoms with E-state index < -0.39 is 89.8 Å². The average Bonchev–Trinajstić information content (AvgIpc) is 3.25. The topological polar surface area (TPSA) is 209 Å². The van der Waals surface area contributed by atoms with Crippen LogP contribution in [0.1, 0.15) is 39.7 Å². The minimum Gasteiger partial charge on any atom is -0.445 e. The highest BCUT2D eigenvalue weighted by molar-refractivity contribution is 8.01. The van der Waals surface area contributed by atoms with Crippen LogP contribution in [0.15, 0.2) is 24.3 Å². The molecule has 4 heterocycles. The third-order valence-electron chi connectivity index (χ3n) is 8.06. The molecule has 4 saturated heterocycles. The number of ether oxygens (including phenoxy) is 3. The molecule has 4 aliphatic heterocycles. The highest BCUT2D eigenvalue weighted by Crippen LogP contribution is 2.51. The Labute approximate surface area is 249 Å². The minimum atomic E-state index is -3.82. The van der Waals surface area contributed by atoms with Crippen LogP contribution in [0.5, 0.6) is 0 Å². The van der Waals surface area contributed by atoms with Gasteiger partial charge in [0.1, 0.15) is 35.5 Å². The zero-order valence-corrected chi connectivity index (χ0v) is 25.0. The highest BCUT2D eigenvalue weighted by atomic mass is 32.2. The van der Waals surface area contributed by atoms with Gasteiger partial charge in [0.15, 0.2) is 9.84 Å². The molecule has 5 atom stereocenters. The third kappa shape index (κ3) is 4.85. The fourth-order valence-electron chi connectivity index (χ4n) is 5.67. The lowest BCUT2D eigenvalue weighted by Crippen LogP contribution is -2.70. The predicted octanol–water partition coefficient (Wildman–Crippen LogP) is 0.430. The molecule has 18 heteroatoms. The highest BCUT2D eigenvalue weighted by Gasteiger charge is 2.68. The maximum absolute atomic E-state index is 13.0. The Morgan fingerprint density at radius 3 is 2.21 bits per heavy atom. The molecule has 43 heavy (non-hydrogen) atoms. The summed E-state index contributed by atoms with van der Waals surface area (Å²) in [6, 6.07) is 1.93. The lowest BCUT2D eigenvalue weighted by Gasteiger charge is -2.43. The van der Waals surface area contributed by atoms with Crippen LogP contribution in [-0.4, -0.2) is 98.1 Å². The van der Waals surface area contributed by atoms with Crippen LogP contribution in [0, 0.1) is 10.1 Å². The second-order valence-electron chi connectivity index (χ2n) is 11.4. The molecule has 3 amide bonds. The molecule has 0 saturated carbocycles. The second kappa shape index (κ2) is 10.4. The van der Waals surface area contributed by atoms with Gasteiger partial charge >= 0.3 is 18.0 Å². The quantitative estimate of drug-likeness (QED) is 0.135. The van der Waals surface area contributed by atoms with Crippen molar-refractivity contribution in [2.75, 3.05) is 6.79 Å². The summed E-state index contributed by atoms with van der Waals surface area (Å²) in [7, 11) is -3.82. The van der Waals surface area contributed by atoms with Crippen molar-refractivity contribution in [1.82, 2.24) is 15.1 Å². The largest absolute Gasteiger partial charge is 0.445 e. The summed E-state index contributed by atoms with van der Waals surface area (Å²) in [6.07, 6.45) is -1.11. The number of nitrogens with one attached hydrogen (secondary N) is 1. The molecule has 1 aromatic carbocycles. The number of benzene rings is 1. The molecule has 0 radical (unpaired) electrons. The van der Waals surface area contributed by atoms with Crippen molar-refractivity contribution in [3.8, 4) is 0 Å². The van der Waals surface area contributed by atoms with E-state index in [1.807, 2.05) is 0 Å². The first-order valence-corrected chi connectivity index (χ1v) is 15.5. The molecule has 5 rings (SSSR count). The fraction of sp³-hybridized carbons (Fsp3) is 0.560. The summed E-state index contributed by atoms with van der Waals surface area (Å²) in [5.41, 5.74) is 0.381. The number of amides is 3. The number of β-lactam (4-membered cyclic amide) rings is 2. The Balaban J connectivity index is 1.14. The van der Waals surface area contributed by atoms with Gasteiger partial charge in [-0.15, -0.1) is 11.8 Å². The van der Waals surface area contributed by atoms with Crippen molar-refractivity contribution in [1.29, 1.82) is 0 Å². The Bertz CT molecular complexity index is 1530. The standard InChI is InChI=1S/C25H28N4O12S2/c1-24(2)17(21(32)40-11-41-22(33)18-25(3,4)43(37,38)15-9-14(30)27(15)18)28-19(31)16(20(28)42-24)26-23(34)39-10-12-5-7-13(8-6-12)29(35)36/h5-8,15-18,20H,9-11H2,1-4H3,(H,26,34)/t15-,16-,17+,18+,20-/m1/s1. The summed E-state index contributed by atoms with van der Waals surface area (Å²) in [5, 5.41) is 11.5. The second-order valence-corrected chi connectivity index (χ2v) is 15.9. The number of thioether (sulfide) groups is 1. The van der Waals surface area contributed by atoms with Gasteiger partial charge in [-0.3, -0.25) is 19.7 Å². The number of nitrogens with zero attached hydrogens (tertiary/aromatic N) is 3. The Morgan fingerprint density at radius 2 is 1.63 bits per heavy atom. The molecule has 232 valence electrons. The Morgan fingerprint density at radius 1 is 1.02 bits per heavy atom. The first-order chi connectivity index (χ1) is 20.0. The lowest BCUT2D eigenvalue weighted by molar-refractivity contribution is -0.384. The van der Waals surface area contributed by atoms with Crippen molar-refractivity contribution in [3.05, 3.63) is 39.9 Å². The molecule has 0 spiro atoms. The summed E-state index contributed by atoms with van der Waals surface area (Å²) < 4.78 is 38.3. The number of nitro groups is 1. The molecular weight excluding hydrogens is 612 g/mol. The van der Waals surface area contributed by atoms with E-state index in [0.717, 1.165) is 4.90 Å². The van der Waals surface area contributed by atoms with Gasteiger partial charge < -0.3 is 29.3 Å². The van der Waals surface area contributed by atoms with E-state index in [9.17, 15) is 42.5 Å². The smallest absolute Gasteiger partial charge is 0.408 e. The summed E-state index contributed by atoms with van der Waals surface area (Å²) >= 11 is 1.25. The van der Waals surface area contributed by atoms with Crippen LogP contribution in [0.2, 0.25) is 0 Å². The maximum atomic E-state index is 13.0. The van der Waals surface area contributed by atoms with E-state index in [1.54, 1.807) is 13.8 Å². The normalized spacial score (nSPS) is 29.0. The van der Waals surface area contributed by atoms with E-state index in [2.05, 4.69) is 5.32 Å². The van der Waals surface area contributed by atoms with Crippen LogP contribution in [0.4, 0.5) is 10.5 Å². The van der Waals surface area contributed by atoms with Crippen molar-refractivity contribution >= 4 is 57.1 Å². The van der Waals surface area contributed by atoms with Crippen molar-refractivity contribution in [3.63, 3.8) is 0 Å². The molecular formula is C25H28N4O12S2. The van der Waals surface area contributed by atoms with Crippen LogP contribution < -0.4 is 5.32 Å². The lowest BCUT2D eigenvalue weighted by atomic mass is 9.96. The van der Waals surface area contributed by atoms with Crippen LogP contribution in [0.3, 0.4) is 0 Å². The van der Waals surface area contributed by atoms with E-state index in [-0.39, 0.29) is 18.7 Å². The van der Waals surface area contributed by atoms with Crippen LogP contribution in [-0.2, 0) is 49.8 Å². The first-order valence-electron chi connectivity index (χ1n) is 13.0. The molecule has 1 aromatic rings. The zero-order valence-electron chi connectivity index (χ0n) is 23.4. The van der Waals surface area contributed by atoms with Crippen LogP contribution >= 0.6 is 11.8 Å². The number of alkyl carbamates (subject to hydrolysis) is 1. The molecule has 16 nitrogen and oxygen atoms in total. The number of fused-ring (bicyclic) bond motifs is 2. The van der Waals surface area contributed by atoms with E-state index in [4.69, 9.17) is 14.2 Å². The number of esters is 2. The fourth-order valence-corrected chi connectivity index (χ4v) is 9.41. The number of hydrogen-bond donors (Lipinski definition) is 1. The number of carbonyl (C=O) groups is 5. The maximum Gasteiger partial charge on any atom is 0.408 e. The van der Waals surface area contributed by atoms with Gasteiger partial charge in [-0.25, -0.2) is 22.8 Å². The van der Waals surface area contributed by atoms with Gasteiger partial charge in [-0.2, -0.15) is 0 Å². The van der Waals surface area contributed by atoms with Gasteiger partial charge in [-0.05, 0) is 45.4 Å². The number of hydrogen-bond acceptors (Lipinski definition) is 13. The number of sulfone groups is 1. The van der Waals surface area contributed by atoms with Gasteiger partial charge in [0.25, 0.3) is 5.69 Å². The number of carbonyl (C=O) groups excluding carboxylic acids is 5. The van der Waals surface area contributed by atoms with Crippen LogP contribution in [0.25, 0.3) is 0 Å². The minimum absolute atomic E-state index is 0.116. The molecule has 4 aliphatic rings. The first kappa shape index (κ1) is 30.5. The number of non-ortho nitro benzene ring substituents is 1. The summed E-state index contributed by atoms with van der Waals surface area (Å²) in [4.78, 5) is 75.6. The SMILES string of the molecule is CC1(C)S[C@@H]2[C@H](NC(=O)OCc3ccc([N+](=O)[O-])cc3)C(=O)N2[C@H]1C(=O)OCOC(=O)[C@@H]1N2C(=O)C[C@H]2S(=O)(=O)C1(C)C. The summed E-state index contributed by atoms with van der Waals surface area (Å²) in [5.74, 6) is -2.97. The van der Waals surface area contributed by atoms with Crippen molar-refractivity contribution in [2.24, 2.45) is 0 Å². The van der Waals surface area contributed by atoms with Crippen molar-refractivity contribution < 1.29 is 51.5 Å². The molecule has 0 bridgehead atoms. The van der Waals surface area contributed by atoms with E-state index in [0.29, 0.717) is 5.56 Å². The zero-order chi connectivity index (χ0) is 31.6. The molecule has 1 N–H and O–H groups in total. The van der Waals surface area contributed by atoms with Crippen molar-refractivity contribution in [2.45, 2.75) is 79.1 Å². The Hall–Kier alpha value is -3.93. The molecule has 0 aliphatic carbocycles.